The summed E-state index contributed by atoms with van der Waals surface area (Å²) in [4.78, 5) is 27.2. The van der Waals surface area contributed by atoms with E-state index in [9.17, 15) is 9.59 Å². The number of methoxy groups -OCH3 is 1. The fourth-order valence-corrected chi connectivity index (χ4v) is 3.70. The van der Waals surface area contributed by atoms with E-state index < -0.39 is 6.04 Å². The van der Waals surface area contributed by atoms with Crippen LogP contribution in [0.4, 0.5) is 0 Å². The molecule has 2 amide bonds. The van der Waals surface area contributed by atoms with Crippen LogP contribution in [0, 0.1) is 0 Å². The van der Waals surface area contributed by atoms with Gasteiger partial charge in [0.1, 0.15) is 18.1 Å². The third-order valence-electron chi connectivity index (χ3n) is 5.32. The van der Waals surface area contributed by atoms with Crippen molar-refractivity contribution in [3.8, 4) is 5.75 Å². The second kappa shape index (κ2) is 10.1. The fraction of sp³-hybridized carbons (Fsp3) is 0.455. The summed E-state index contributed by atoms with van der Waals surface area (Å²) in [6.45, 7) is 4.11. The molecule has 1 aliphatic heterocycles. The molecule has 1 aromatic heterocycles. The molecule has 29 heavy (non-hydrogen) atoms. The predicted octanol–water partition coefficient (Wildman–Crippen LogP) is 2.75. The first-order valence-electron chi connectivity index (χ1n) is 10.1. The van der Waals surface area contributed by atoms with Crippen LogP contribution in [-0.4, -0.2) is 49.5 Å². The first-order chi connectivity index (χ1) is 14.1. The van der Waals surface area contributed by atoms with Gasteiger partial charge in [-0.2, -0.15) is 0 Å². The number of hydrogen-bond donors (Lipinski definition) is 2. The van der Waals surface area contributed by atoms with Crippen LogP contribution in [0.15, 0.2) is 47.3 Å². The standard InChI is InChI=1S/C22H29N3O4/c1-16(24-22(27)17-10-13-29-15-17)21(26)23-14-19(25-11-6-3-7-12-25)18-8-4-5-9-20(18)28-2/h4-5,8-10,13,15-16,19H,3,6-7,11-12,14H2,1-2H3,(H,23,26)(H,24,27). The molecule has 7 heteroatoms. The van der Waals surface area contributed by atoms with E-state index in [1.165, 1.54) is 18.9 Å². The summed E-state index contributed by atoms with van der Waals surface area (Å²) in [5.41, 5.74) is 1.46. The van der Waals surface area contributed by atoms with E-state index in [0.717, 1.165) is 37.2 Å². The van der Waals surface area contributed by atoms with Gasteiger partial charge < -0.3 is 19.8 Å². The van der Waals surface area contributed by atoms with Crippen LogP contribution in [0.1, 0.15) is 48.1 Å². The lowest BCUT2D eigenvalue weighted by atomic mass is 10.0. The smallest absolute Gasteiger partial charge is 0.255 e. The highest BCUT2D eigenvalue weighted by Gasteiger charge is 2.26. The van der Waals surface area contributed by atoms with Gasteiger partial charge in [-0.05, 0) is 45.0 Å². The highest BCUT2D eigenvalue weighted by atomic mass is 16.5. The van der Waals surface area contributed by atoms with Crippen molar-refractivity contribution in [3.05, 3.63) is 54.0 Å². The van der Waals surface area contributed by atoms with Gasteiger partial charge in [0.2, 0.25) is 5.91 Å². The monoisotopic (exact) mass is 399 g/mol. The molecule has 1 aliphatic rings. The molecule has 2 N–H and O–H groups in total. The molecule has 0 aliphatic carbocycles. The lowest BCUT2D eigenvalue weighted by Crippen LogP contribution is -2.47. The summed E-state index contributed by atoms with van der Waals surface area (Å²) in [6.07, 6.45) is 6.32. The molecule has 3 rings (SSSR count). The van der Waals surface area contributed by atoms with Crippen molar-refractivity contribution in [1.82, 2.24) is 15.5 Å². The molecule has 0 saturated carbocycles. The maximum Gasteiger partial charge on any atom is 0.255 e. The van der Waals surface area contributed by atoms with Crippen LogP contribution in [-0.2, 0) is 4.79 Å². The molecule has 2 atom stereocenters. The van der Waals surface area contributed by atoms with Gasteiger partial charge in [0.15, 0.2) is 0 Å². The largest absolute Gasteiger partial charge is 0.496 e. The Labute approximate surface area is 171 Å². The van der Waals surface area contributed by atoms with Gasteiger partial charge in [0.05, 0.1) is 25.0 Å². The SMILES string of the molecule is COc1ccccc1C(CNC(=O)C(C)NC(=O)c1ccoc1)N1CCCCC1. The Balaban J connectivity index is 1.66. The van der Waals surface area contributed by atoms with Crippen LogP contribution in [0.5, 0.6) is 5.75 Å². The molecular weight excluding hydrogens is 370 g/mol. The minimum absolute atomic E-state index is 0.0205. The number of nitrogens with one attached hydrogen (secondary N) is 2. The van der Waals surface area contributed by atoms with E-state index in [1.807, 2.05) is 24.3 Å². The number of furan rings is 1. The van der Waals surface area contributed by atoms with Gasteiger partial charge in [-0.25, -0.2) is 0 Å². The number of nitrogens with zero attached hydrogens (tertiary/aromatic N) is 1. The molecule has 1 aromatic carbocycles. The van der Waals surface area contributed by atoms with Gasteiger partial charge in [-0.3, -0.25) is 14.5 Å². The summed E-state index contributed by atoms with van der Waals surface area (Å²) in [6, 6.07) is 8.86. The van der Waals surface area contributed by atoms with Gasteiger partial charge in [0, 0.05) is 12.1 Å². The van der Waals surface area contributed by atoms with E-state index in [0.29, 0.717) is 12.1 Å². The Kier molecular flexibility index (Phi) is 7.30. The molecule has 0 spiro atoms. The van der Waals surface area contributed by atoms with Crippen LogP contribution in [0.25, 0.3) is 0 Å². The molecule has 1 fully saturated rings. The fourth-order valence-electron chi connectivity index (χ4n) is 3.70. The molecule has 2 unspecified atom stereocenters. The summed E-state index contributed by atoms with van der Waals surface area (Å²) in [5, 5.41) is 5.70. The second-order valence-electron chi connectivity index (χ2n) is 7.31. The summed E-state index contributed by atoms with van der Waals surface area (Å²) < 4.78 is 10.5. The van der Waals surface area contributed by atoms with Gasteiger partial charge in [0.25, 0.3) is 5.91 Å². The number of carbonyl (C=O) groups excluding carboxylic acids is 2. The van der Waals surface area contributed by atoms with E-state index >= 15 is 0 Å². The third kappa shape index (κ3) is 5.38. The van der Waals surface area contributed by atoms with E-state index in [4.69, 9.17) is 9.15 Å². The third-order valence-corrected chi connectivity index (χ3v) is 5.32. The Bertz CT molecular complexity index is 800. The van der Waals surface area contributed by atoms with Crippen molar-refractivity contribution < 1.29 is 18.7 Å². The Morgan fingerprint density at radius 1 is 1.17 bits per heavy atom. The number of ether oxygens (including phenoxy) is 1. The summed E-state index contributed by atoms with van der Waals surface area (Å²) in [5.74, 6) is 0.260. The average molecular weight is 399 g/mol. The van der Waals surface area contributed by atoms with Crippen LogP contribution in [0.3, 0.4) is 0 Å². The molecule has 1 saturated heterocycles. The number of piperidine rings is 1. The Morgan fingerprint density at radius 2 is 1.93 bits per heavy atom. The second-order valence-corrected chi connectivity index (χ2v) is 7.31. The predicted molar refractivity (Wildman–Crippen MR) is 110 cm³/mol. The van der Waals surface area contributed by atoms with E-state index in [1.54, 1.807) is 20.1 Å². The zero-order valence-corrected chi connectivity index (χ0v) is 17.0. The number of carbonyl (C=O) groups is 2. The maximum atomic E-state index is 12.6. The molecule has 2 heterocycles. The lowest BCUT2D eigenvalue weighted by molar-refractivity contribution is -0.122. The number of amides is 2. The molecule has 2 aromatic rings. The van der Waals surface area contributed by atoms with Gasteiger partial charge in [-0.15, -0.1) is 0 Å². The Hall–Kier alpha value is -2.80. The van der Waals surface area contributed by atoms with Crippen molar-refractivity contribution in [1.29, 1.82) is 0 Å². The van der Waals surface area contributed by atoms with Crippen LogP contribution >= 0.6 is 0 Å². The van der Waals surface area contributed by atoms with E-state index in [-0.39, 0.29) is 17.9 Å². The van der Waals surface area contributed by atoms with Crippen molar-refractivity contribution in [2.75, 3.05) is 26.7 Å². The van der Waals surface area contributed by atoms with Crippen molar-refractivity contribution in [3.63, 3.8) is 0 Å². The molecule has 7 nitrogen and oxygen atoms in total. The van der Waals surface area contributed by atoms with E-state index in [2.05, 4.69) is 15.5 Å². The van der Waals surface area contributed by atoms with Crippen LogP contribution < -0.4 is 15.4 Å². The summed E-state index contributed by atoms with van der Waals surface area (Å²) in [7, 11) is 1.66. The molecule has 156 valence electrons. The quantitative estimate of drug-likeness (QED) is 0.713. The highest BCUT2D eigenvalue weighted by molar-refractivity contribution is 5.97. The highest BCUT2D eigenvalue weighted by Crippen LogP contribution is 2.30. The average Bonchev–Trinajstić information content (AvgIpc) is 3.30. The minimum Gasteiger partial charge on any atom is -0.496 e. The van der Waals surface area contributed by atoms with Crippen molar-refractivity contribution in [2.45, 2.75) is 38.3 Å². The van der Waals surface area contributed by atoms with Crippen LogP contribution in [0.2, 0.25) is 0 Å². The normalized spacial score (nSPS) is 16.6. The first-order valence-corrected chi connectivity index (χ1v) is 10.1. The summed E-state index contributed by atoms with van der Waals surface area (Å²) >= 11 is 0. The topological polar surface area (TPSA) is 83.8 Å². The van der Waals surface area contributed by atoms with Gasteiger partial charge >= 0.3 is 0 Å². The molecule has 0 bridgehead atoms. The number of likely N-dealkylation sites (tertiary alicyclic amines) is 1. The first kappa shape index (κ1) is 20.9. The van der Waals surface area contributed by atoms with Gasteiger partial charge in [-0.1, -0.05) is 24.6 Å². The molecular formula is C22H29N3O4. The number of rotatable bonds is 8. The lowest BCUT2D eigenvalue weighted by Gasteiger charge is -2.35. The minimum atomic E-state index is -0.655. The number of para-hydroxylation sites is 1. The zero-order chi connectivity index (χ0) is 20.6. The number of benzene rings is 1. The van der Waals surface area contributed by atoms with Crippen molar-refractivity contribution >= 4 is 11.8 Å². The molecule has 0 radical (unpaired) electrons. The zero-order valence-electron chi connectivity index (χ0n) is 17.0. The Morgan fingerprint density at radius 3 is 2.62 bits per heavy atom. The maximum absolute atomic E-state index is 12.6. The van der Waals surface area contributed by atoms with Crippen molar-refractivity contribution in [2.24, 2.45) is 0 Å². The number of hydrogen-bond acceptors (Lipinski definition) is 5.